The van der Waals surface area contributed by atoms with E-state index in [1.54, 1.807) is 6.08 Å². The lowest BCUT2D eigenvalue weighted by molar-refractivity contribution is 0.282. The van der Waals surface area contributed by atoms with Crippen LogP contribution in [0.5, 0.6) is 0 Å². The van der Waals surface area contributed by atoms with Crippen molar-refractivity contribution in [3.8, 4) is 0 Å². The third-order valence-corrected chi connectivity index (χ3v) is 6.06. The Labute approximate surface area is 244 Å². The Kier molecular flexibility index (Phi) is 18.9. The van der Waals surface area contributed by atoms with E-state index in [1.165, 1.54) is 56.1 Å². The zero-order chi connectivity index (χ0) is 29.6. The normalized spacial score (nSPS) is 11.2. The average molecular weight is 543 g/mol. The number of aliphatic hydroxyl groups excluding tert-OH is 1. The molecule has 1 aromatic carbocycles. The number of aliphatic hydroxyl groups is 1. The summed E-state index contributed by atoms with van der Waals surface area (Å²) in [4.78, 5) is 4.41. The maximum atomic E-state index is 8.62. The van der Waals surface area contributed by atoms with E-state index in [4.69, 9.17) is 13.0 Å². The maximum absolute atomic E-state index is 8.62. The second-order valence-electron chi connectivity index (χ2n) is 10.3. The molecule has 0 atom stereocenters. The zero-order valence-electron chi connectivity index (χ0n) is 25.6. The van der Waals surface area contributed by atoms with Crippen LogP contribution in [0.2, 0.25) is 0 Å². The number of anilines is 1. The van der Waals surface area contributed by atoms with Crippen molar-refractivity contribution in [3.05, 3.63) is 90.2 Å². The lowest BCUT2D eigenvalue weighted by atomic mass is 10.0. The summed E-state index contributed by atoms with van der Waals surface area (Å²) < 4.78 is 1.81. The Balaban J connectivity index is 0.000000378. The molecule has 2 aromatic heterocycles. The minimum atomic E-state index is 0.345. The van der Waals surface area contributed by atoms with Crippen LogP contribution in [0.15, 0.2) is 79.1 Å². The lowest BCUT2D eigenvalue weighted by Crippen LogP contribution is -2.15. The molecule has 0 amide bonds. The summed E-state index contributed by atoms with van der Waals surface area (Å²) in [7, 11) is 5.93. The molecule has 5 nitrogen and oxygen atoms in total. The van der Waals surface area contributed by atoms with Gasteiger partial charge < -0.3 is 10.4 Å². The first-order valence-corrected chi connectivity index (χ1v) is 14.8. The summed E-state index contributed by atoms with van der Waals surface area (Å²) in [5.41, 5.74) is 5.07. The van der Waals surface area contributed by atoms with Gasteiger partial charge in [-0.15, -0.1) is 0 Å². The van der Waals surface area contributed by atoms with Crippen LogP contribution in [0.3, 0.4) is 0 Å². The van der Waals surface area contributed by atoms with Gasteiger partial charge >= 0.3 is 0 Å². The molecule has 0 unspecified atom stereocenters. The van der Waals surface area contributed by atoms with Gasteiger partial charge in [0.1, 0.15) is 13.7 Å². The lowest BCUT2D eigenvalue weighted by Gasteiger charge is -2.10. The fourth-order valence-corrected chi connectivity index (χ4v) is 3.92. The first kappa shape index (κ1) is 34.9. The van der Waals surface area contributed by atoms with Gasteiger partial charge in [0, 0.05) is 18.7 Å². The predicted octanol–water partition coefficient (Wildman–Crippen LogP) is 8.07. The van der Waals surface area contributed by atoms with E-state index < -0.39 is 0 Å². The van der Waals surface area contributed by atoms with Crippen molar-refractivity contribution in [1.29, 1.82) is 0 Å². The van der Waals surface area contributed by atoms with Crippen molar-refractivity contribution in [3.63, 3.8) is 0 Å². The highest BCUT2D eigenvalue weighted by Gasteiger charge is 2.12. The van der Waals surface area contributed by atoms with Crippen LogP contribution >= 0.6 is 0 Å². The monoisotopic (exact) mass is 542 g/mol. The minimum Gasteiger partial charge on any atom is -0.396 e. The van der Waals surface area contributed by atoms with E-state index in [9.17, 15) is 0 Å². The number of nitrogens with one attached hydrogen (secondary N) is 1. The van der Waals surface area contributed by atoms with E-state index in [1.807, 2.05) is 47.1 Å². The number of allylic oxidation sites excluding steroid dienone is 5. The number of rotatable bonds is 14. The Hall–Kier alpha value is -3.12. The number of benzene rings is 1. The highest BCUT2D eigenvalue weighted by Crippen LogP contribution is 2.20. The van der Waals surface area contributed by atoms with Crippen LogP contribution in [0.1, 0.15) is 103 Å². The molecule has 0 fully saturated rings. The van der Waals surface area contributed by atoms with Gasteiger partial charge in [0.2, 0.25) is 0 Å². The SMILES string of the molecule is C=C/C=C\C=C(/C)CCCCCCCCO.CCC.[B]c1cc(NCc2ccccc2)n2ncc(C(C)C)c2n1. The molecule has 3 aromatic rings. The minimum absolute atomic E-state index is 0.345. The van der Waals surface area contributed by atoms with Crippen molar-refractivity contribution in [2.75, 3.05) is 11.9 Å². The van der Waals surface area contributed by atoms with Crippen molar-refractivity contribution in [2.45, 2.75) is 98.4 Å². The second-order valence-corrected chi connectivity index (χ2v) is 10.3. The Bertz CT molecular complexity index is 1140. The molecule has 0 bridgehead atoms. The van der Waals surface area contributed by atoms with Crippen molar-refractivity contribution in [1.82, 2.24) is 14.6 Å². The fraction of sp³-hybridized carbons (Fsp3) is 0.471. The summed E-state index contributed by atoms with van der Waals surface area (Å²) in [6.45, 7) is 15.4. The van der Waals surface area contributed by atoms with Crippen LogP contribution in [0.25, 0.3) is 5.65 Å². The van der Waals surface area contributed by atoms with E-state index in [0.29, 0.717) is 18.1 Å². The number of aromatic nitrogens is 3. The van der Waals surface area contributed by atoms with Crippen molar-refractivity contribution < 1.29 is 5.11 Å². The van der Waals surface area contributed by atoms with Crippen LogP contribution in [-0.4, -0.2) is 34.2 Å². The topological polar surface area (TPSA) is 62.5 Å². The van der Waals surface area contributed by atoms with Crippen molar-refractivity contribution in [2.24, 2.45) is 0 Å². The first-order valence-electron chi connectivity index (χ1n) is 14.8. The summed E-state index contributed by atoms with van der Waals surface area (Å²) >= 11 is 0. The molecule has 40 heavy (non-hydrogen) atoms. The number of unbranched alkanes of at least 4 members (excludes halogenated alkanes) is 5. The van der Waals surface area contributed by atoms with Gasteiger partial charge in [-0.3, -0.25) is 0 Å². The van der Waals surface area contributed by atoms with E-state index in [-0.39, 0.29) is 0 Å². The van der Waals surface area contributed by atoms with Gasteiger partial charge in [0.05, 0.1) is 6.20 Å². The molecular weight excluding hydrogens is 491 g/mol. The summed E-state index contributed by atoms with van der Waals surface area (Å²) in [5.74, 6) is 1.21. The second kappa shape index (κ2) is 21.7. The average Bonchev–Trinajstić information content (AvgIpc) is 3.37. The molecular formula is C34H51BN4O. The maximum Gasteiger partial charge on any atom is 0.160 e. The van der Waals surface area contributed by atoms with Gasteiger partial charge in [-0.25, -0.2) is 4.98 Å². The smallest absolute Gasteiger partial charge is 0.160 e. The van der Waals surface area contributed by atoms with Gasteiger partial charge in [0.25, 0.3) is 0 Å². The summed E-state index contributed by atoms with van der Waals surface area (Å²) in [6.07, 6.45) is 19.6. The Morgan fingerprint density at radius 3 is 2.33 bits per heavy atom. The Morgan fingerprint density at radius 1 is 1.05 bits per heavy atom. The summed E-state index contributed by atoms with van der Waals surface area (Å²) in [6, 6.07) is 12.0. The van der Waals surface area contributed by atoms with Crippen molar-refractivity contribution >= 4 is 24.9 Å². The van der Waals surface area contributed by atoms with E-state index in [0.717, 1.165) is 30.0 Å². The highest BCUT2D eigenvalue weighted by atomic mass is 16.2. The molecule has 2 N–H and O–H groups in total. The molecule has 2 radical (unpaired) electrons. The van der Waals surface area contributed by atoms with Crippen LogP contribution in [0.4, 0.5) is 5.82 Å². The van der Waals surface area contributed by atoms with Gasteiger partial charge in [-0.05, 0) is 49.3 Å². The third kappa shape index (κ3) is 14.3. The standard InChI is InChI=1S/C16H17BN4.C15H26O.C3H8/c1-11(2)13-10-19-21-15(8-14(17)20-16(13)21)18-9-12-6-4-3-5-7-12;1-3-4-9-12-15(2)13-10-7-5-6-8-11-14-16;1-3-2/h3-8,10-11,18H,9H2,1-2H3;3-4,9,12,16H,1,5-8,10-11,13-14H2,2H3;3H2,1-2H3/b;9-4-,15-12+;. The highest BCUT2D eigenvalue weighted by molar-refractivity contribution is 6.31. The molecule has 2 heterocycles. The molecule has 6 heteroatoms. The molecule has 0 spiro atoms. The van der Waals surface area contributed by atoms with Gasteiger partial charge in [-0.1, -0.05) is 127 Å². The van der Waals surface area contributed by atoms with Crippen LogP contribution in [0, 0.1) is 0 Å². The van der Waals surface area contributed by atoms with Crippen LogP contribution in [-0.2, 0) is 6.54 Å². The third-order valence-electron chi connectivity index (χ3n) is 6.06. The van der Waals surface area contributed by atoms with E-state index >= 15 is 0 Å². The van der Waals surface area contributed by atoms with E-state index in [2.05, 4.69) is 74.8 Å². The molecule has 216 valence electrons. The van der Waals surface area contributed by atoms with Gasteiger partial charge in [-0.2, -0.15) is 9.61 Å². The Morgan fingerprint density at radius 2 is 1.70 bits per heavy atom. The summed E-state index contributed by atoms with van der Waals surface area (Å²) in [5, 5.41) is 16.4. The molecule has 0 aliphatic heterocycles. The largest absolute Gasteiger partial charge is 0.396 e. The molecule has 0 aliphatic carbocycles. The van der Waals surface area contributed by atoms with Gasteiger partial charge in [0.15, 0.2) is 5.65 Å². The first-order chi connectivity index (χ1) is 19.4. The molecule has 0 aliphatic rings. The quantitative estimate of drug-likeness (QED) is 0.123. The fourth-order valence-electron chi connectivity index (χ4n) is 3.92. The number of nitrogens with zero attached hydrogens (tertiary/aromatic N) is 3. The predicted molar refractivity (Wildman–Crippen MR) is 175 cm³/mol. The molecule has 0 saturated carbocycles. The zero-order valence-corrected chi connectivity index (χ0v) is 25.6. The molecule has 3 rings (SSSR count). The number of hydrogen-bond donors (Lipinski definition) is 2. The number of hydrogen-bond acceptors (Lipinski definition) is 4. The number of fused-ring (bicyclic) bond motifs is 1. The van der Waals surface area contributed by atoms with Crippen LogP contribution < -0.4 is 10.9 Å². The molecule has 0 saturated heterocycles.